The Morgan fingerprint density at radius 3 is 2.29 bits per heavy atom. The van der Waals surface area contributed by atoms with Crippen molar-refractivity contribution in [3.05, 3.63) is 64.7 Å². The number of hydrogen-bond acceptors (Lipinski definition) is 4. The summed E-state index contributed by atoms with van der Waals surface area (Å²) in [6.45, 7) is 3.40. The van der Waals surface area contributed by atoms with Crippen LogP contribution in [0.3, 0.4) is 0 Å². The number of ether oxygens (including phenoxy) is 1. The summed E-state index contributed by atoms with van der Waals surface area (Å²) in [4.78, 5) is 29.6. The fraction of sp³-hybridized carbons (Fsp3) is 0.600. The van der Waals surface area contributed by atoms with Crippen LogP contribution in [0, 0.1) is 5.41 Å². The summed E-state index contributed by atoms with van der Waals surface area (Å²) in [6.07, 6.45) is 13.4. The Morgan fingerprint density at radius 1 is 0.878 bits per heavy atom. The fourth-order valence-corrected chi connectivity index (χ4v) is 8.56. The van der Waals surface area contributed by atoms with Gasteiger partial charge in [-0.3, -0.25) is 4.79 Å². The van der Waals surface area contributed by atoms with E-state index >= 15 is 0 Å². The van der Waals surface area contributed by atoms with Crippen molar-refractivity contribution in [3.8, 4) is 0 Å². The third kappa shape index (κ3) is 5.17. The third-order valence-electron chi connectivity index (χ3n) is 11.1. The highest BCUT2D eigenvalue weighted by Crippen LogP contribution is 2.65. The Kier molecular flexibility index (Phi) is 7.30. The molecule has 0 aromatic heterocycles. The standard InChI is InChI=1S/C35H44N2O4/c38-33(32-11-6-20-41-32)36-18-16-35(17-19-36)22-30(35)25-14-12-24(13-15-25)26-21-29-28(34(39)40)9-5-10-31(29)37(23-26)27-7-3-1-2-4-8-27/h5,9-10,12-15,26-27,30,32H,1-4,6-8,11,16-23H2,(H,39,40)/t26?,30-,32+/m0/s1. The number of aromatic carboxylic acids is 1. The lowest BCUT2D eigenvalue weighted by atomic mass is 9.83. The second kappa shape index (κ2) is 11.1. The number of likely N-dealkylation sites (tertiary alicyclic amines) is 1. The van der Waals surface area contributed by atoms with Crippen LogP contribution in [0.4, 0.5) is 5.69 Å². The summed E-state index contributed by atoms with van der Waals surface area (Å²) in [5.74, 6) is 0.267. The summed E-state index contributed by atoms with van der Waals surface area (Å²) in [5, 5.41) is 10.0. The molecule has 1 unspecified atom stereocenters. The molecule has 1 spiro atoms. The normalized spacial score (nSPS) is 27.9. The molecule has 1 N–H and O–H groups in total. The molecule has 5 aliphatic rings. The zero-order valence-corrected chi connectivity index (χ0v) is 24.2. The van der Waals surface area contributed by atoms with Crippen LogP contribution >= 0.6 is 0 Å². The average Bonchev–Trinajstić information content (AvgIpc) is 3.54. The number of nitrogens with zero attached hydrogens (tertiary/aromatic N) is 2. The van der Waals surface area contributed by atoms with E-state index in [1.807, 2.05) is 11.0 Å². The fourth-order valence-electron chi connectivity index (χ4n) is 8.56. The summed E-state index contributed by atoms with van der Waals surface area (Å²) in [6, 6.07) is 15.7. The predicted octanol–water partition coefficient (Wildman–Crippen LogP) is 6.53. The minimum atomic E-state index is -0.818. The first-order chi connectivity index (χ1) is 20.0. The lowest BCUT2D eigenvalue weighted by Crippen LogP contribution is -2.44. The first kappa shape index (κ1) is 27.0. The molecule has 2 aromatic rings. The van der Waals surface area contributed by atoms with Crippen LogP contribution in [-0.2, 0) is 16.0 Å². The van der Waals surface area contributed by atoms with E-state index in [0.717, 1.165) is 69.6 Å². The molecule has 0 radical (unpaired) electrons. The first-order valence-corrected chi connectivity index (χ1v) is 16.1. The van der Waals surface area contributed by atoms with Crippen molar-refractivity contribution in [1.82, 2.24) is 4.90 Å². The molecule has 3 atom stereocenters. The quantitative estimate of drug-likeness (QED) is 0.424. The van der Waals surface area contributed by atoms with Gasteiger partial charge >= 0.3 is 5.97 Å². The number of rotatable bonds is 5. The largest absolute Gasteiger partial charge is 0.478 e. The first-order valence-electron chi connectivity index (χ1n) is 16.1. The smallest absolute Gasteiger partial charge is 0.336 e. The van der Waals surface area contributed by atoms with Gasteiger partial charge in [0.15, 0.2) is 0 Å². The molecule has 2 saturated heterocycles. The van der Waals surface area contributed by atoms with Crippen molar-refractivity contribution in [2.24, 2.45) is 5.41 Å². The van der Waals surface area contributed by atoms with Crippen molar-refractivity contribution < 1.29 is 19.4 Å². The van der Waals surface area contributed by atoms with Gasteiger partial charge in [0, 0.05) is 43.9 Å². The Bertz CT molecular complexity index is 1270. The molecular formula is C35H44N2O4. The minimum absolute atomic E-state index is 0.205. The number of piperidine rings is 1. The number of carboxylic acid groups (broad SMARTS) is 1. The Balaban J connectivity index is 1.06. The lowest BCUT2D eigenvalue weighted by molar-refractivity contribution is -0.142. The van der Waals surface area contributed by atoms with E-state index in [1.54, 1.807) is 6.07 Å². The Labute approximate surface area is 244 Å². The van der Waals surface area contributed by atoms with Gasteiger partial charge in [-0.1, -0.05) is 56.0 Å². The molecule has 6 nitrogen and oxygen atoms in total. The van der Waals surface area contributed by atoms with Gasteiger partial charge in [0.2, 0.25) is 0 Å². The van der Waals surface area contributed by atoms with Crippen molar-refractivity contribution >= 4 is 17.6 Å². The number of fused-ring (bicyclic) bond motifs is 1. The molecule has 3 aliphatic heterocycles. The van der Waals surface area contributed by atoms with Crippen LogP contribution in [0.1, 0.15) is 110 Å². The van der Waals surface area contributed by atoms with Gasteiger partial charge in [0.25, 0.3) is 5.91 Å². The molecule has 6 heteroatoms. The van der Waals surface area contributed by atoms with Crippen molar-refractivity contribution in [3.63, 3.8) is 0 Å². The molecule has 0 bridgehead atoms. The van der Waals surface area contributed by atoms with E-state index in [-0.39, 0.29) is 12.0 Å². The molecule has 41 heavy (non-hydrogen) atoms. The predicted molar refractivity (Wildman–Crippen MR) is 160 cm³/mol. The van der Waals surface area contributed by atoms with Crippen LogP contribution in [0.5, 0.6) is 0 Å². The number of carbonyl (C=O) groups is 2. The van der Waals surface area contributed by atoms with Gasteiger partial charge in [-0.2, -0.15) is 0 Å². The van der Waals surface area contributed by atoms with Crippen LogP contribution in [0.15, 0.2) is 42.5 Å². The molecular weight excluding hydrogens is 512 g/mol. The molecule has 7 rings (SSSR count). The van der Waals surface area contributed by atoms with Gasteiger partial charge in [-0.25, -0.2) is 4.79 Å². The lowest BCUT2D eigenvalue weighted by Gasteiger charge is -2.42. The zero-order valence-electron chi connectivity index (χ0n) is 24.2. The van der Waals surface area contributed by atoms with Gasteiger partial charge in [0.05, 0.1) is 5.56 Å². The maximum atomic E-state index is 12.8. The van der Waals surface area contributed by atoms with Gasteiger partial charge < -0.3 is 19.6 Å². The molecule has 4 fully saturated rings. The van der Waals surface area contributed by atoms with E-state index in [4.69, 9.17) is 4.74 Å². The van der Waals surface area contributed by atoms with Crippen LogP contribution in [-0.4, -0.2) is 60.3 Å². The minimum Gasteiger partial charge on any atom is -0.478 e. The molecule has 2 saturated carbocycles. The Morgan fingerprint density at radius 2 is 1.61 bits per heavy atom. The Hall–Kier alpha value is -2.86. The van der Waals surface area contributed by atoms with Crippen molar-refractivity contribution in [2.45, 2.75) is 101 Å². The summed E-state index contributed by atoms with van der Waals surface area (Å²) >= 11 is 0. The van der Waals surface area contributed by atoms with Crippen molar-refractivity contribution in [1.29, 1.82) is 0 Å². The average molecular weight is 557 g/mol. The number of hydrogen-bond donors (Lipinski definition) is 1. The van der Waals surface area contributed by atoms with E-state index in [2.05, 4.69) is 35.2 Å². The summed E-state index contributed by atoms with van der Waals surface area (Å²) in [7, 11) is 0. The number of anilines is 1. The maximum absolute atomic E-state index is 12.8. The summed E-state index contributed by atoms with van der Waals surface area (Å²) < 4.78 is 5.65. The van der Waals surface area contributed by atoms with Crippen LogP contribution < -0.4 is 4.90 Å². The van der Waals surface area contributed by atoms with E-state index in [1.165, 1.54) is 56.1 Å². The van der Waals surface area contributed by atoms with E-state index in [9.17, 15) is 14.7 Å². The summed E-state index contributed by atoms with van der Waals surface area (Å²) in [5.41, 5.74) is 5.72. The highest BCUT2D eigenvalue weighted by Gasteiger charge is 2.55. The van der Waals surface area contributed by atoms with Gasteiger partial charge in [-0.05, 0) is 91.5 Å². The molecule has 2 aromatic carbocycles. The number of carboxylic acids is 1. The van der Waals surface area contributed by atoms with Gasteiger partial charge in [0.1, 0.15) is 6.10 Å². The molecule has 2 aliphatic carbocycles. The second-order valence-corrected chi connectivity index (χ2v) is 13.4. The SMILES string of the molecule is O=C(O)c1cccc2c1CC(c1ccc([C@@H]3CC34CCN(C(=O)[C@H]3CCCO3)CC4)cc1)CN2C1CCCCCC1. The molecule has 1 amide bonds. The third-order valence-corrected chi connectivity index (χ3v) is 11.1. The van der Waals surface area contributed by atoms with Crippen LogP contribution in [0.25, 0.3) is 0 Å². The van der Waals surface area contributed by atoms with Crippen LogP contribution in [0.2, 0.25) is 0 Å². The molecule has 3 heterocycles. The number of carbonyl (C=O) groups excluding carboxylic acids is 1. The van der Waals surface area contributed by atoms with Gasteiger partial charge in [-0.15, -0.1) is 0 Å². The van der Waals surface area contributed by atoms with Crippen molar-refractivity contribution in [2.75, 3.05) is 31.1 Å². The topological polar surface area (TPSA) is 70.1 Å². The zero-order chi connectivity index (χ0) is 28.0. The number of amides is 1. The molecule has 218 valence electrons. The maximum Gasteiger partial charge on any atom is 0.336 e. The number of benzene rings is 2. The highest BCUT2D eigenvalue weighted by molar-refractivity contribution is 5.92. The second-order valence-electron chi connectivity index (χ2n) is 13.4. The van der Waals surface area contributed by atoms with E-state index in [0.29, 0.717) is 28.9 Å². The monoisotopic (exact) mass is 556 g/mol. The van der Waals surface area contributed by atoms with E-state index < -0.39 is 5.97 Å². The highest BCUT2D eigenvalue weighted by atomic mass is 16.5.